The maximum Gasteiger partial charge on any atom is 0.0697 e. The van der Waals surface area contributed by atoms with E-state index >= 15 is 0 Å². The average Bonchev–Trinajstić information content (AvgIpc) is 2.45. The topological polar surface area (TPSA) is 29.5 Å². The van der Waals surface area contributed by atoms with Crippen LogP contribution in [0.3, 0.4) is 0 Å². The zero-order chi connectivity index (χ0) is 12.6. The van der Waals surface area contributed by atoms with Gasteiger partial charge in [0.15, 0.2) is 0 Å². The Kier molecular flexibility index (Phi) is 4.94. The van der Waals surface area contributed by atoms with Crippen LogP contribution in [-0.2, 0) is 11.2 Å². The van der Waals surface area contributed by atoms with Gasteiger partial charge in [0.1, 0.15) is 0 Å². The highest BCUT2D eigenvalue weighted by molar-refractivity contribution is 5.67. The van der Waals surface area contributed by atoms with Gasteiger partial charge in [-0.15, -0.1) is 0 Å². The molecule has 0 saturated carbocycles. The van der Waals surface area contributed by atoms with E-state index in [1.54, 1.807) is 0 Å². The molecule has 0 aliphatic heterocycles. The van der Waals surface area contributed by atoms with Gasteiger partial charge in [0.2, 0.25) is 0 Å². The molecule has 2 heteroatoms. The summed E-state index contributed by atoms with van der Waals surface area (Å²) in [6.07, 6.45) is 0.866. The number of hydrogen-bond donors (Lipinski definition) is 1. The summed E-state index contributed by atoms with van der Waals surface area (Å²) in [7, 11) is 0. The van der Waals surface area contributed by atoms with Gasteiger partial charge in [-0.3, -0.25) is 0 Å². The van der Waals surface area contributed by atoms with E-state index in [1.165, 1.54) is 16.7 Å². The molecule has 0 aliphatic carbocycles. The van der Waals surface area contributed by atoms with Crippen molar-refractivity contribution in [1.82, 2.24) is 0 Å². The van der Waals surface area contributed by atoms with E-state index < -0.39 is 0 Å². The third-order valence-corrected chi connectivity index (χ3v) is 2.85. The zero-order valence-corrected chi connectivity index (χ0v) is 10.4. The van der Waals surface area contributed by atoms with Crippen molar-refractivity contribution < 1.29 is 9.84 Å². The van der Waals surface area contributed by atoms with Crippen LogP contribution in [0.25, 0.3) is 11.1 Å². The number of rotatable bonds is 6. The van der Waals surface area contributed by atoms with Gasteiger partial charge >= 0.3 is 0 Å². The van der Waals surface area contributed by atoms with Crippen LogP contribution in [0.5, 0.6) is 0 Å². The van der Waals surface area contributed by atoms with Crippen LogP contribution in [0.1, 0.15) is 5.56 Å². The van der Waals surface area contributed by atoms with E-state index in [0.29, 0.717) is 13.2 Å². The molecule has 1 N–H and O–H groups in total. The van der Waals surface area contributed by atoms with Gasteiger partial charge in [-0.2, -0.15) is 0 Å². The summed E-state index contributed by atoms with van der Waals surface area (Å²) < 4.78 is 5.33. The number of aliphatic hydroxyl groups excluding tert-OH is 1. The van der Waals surface area contributed by atoms with Crippen molar-refractivity contribution in [2.75, 3.05) is 19.8 Å². The molecule has 2 nitrogen and oxygen atoms in total. The van der Waals surface area contributed by atoms with Gasteiger partial charge in [-0.25, -0.2) is 0 Å². The Balaban J connectivity index is 2.11. The lowest BCUT2D eigenvalue weighted by molar-refractivity contribution is 0.0945. The summed E-state index contributed by atoms with van der Waals surface area (Å²) in [5.74, 6) is 0. The fourth-order valence-corrected chi connectivity index (χ4v) is 1.99. The molecular formula is C16H18O2. The van der Waals surface area contributed by atoms with Crippen LogP contribution in [0.15, 0.2) is 54.6 Å². The Labute approximate surface area is 108 Å². The van der Waals surface area contributed by atoms with Gasteiger partial charge in [-0.05, 0) is 23.1 Å². The number of aliphatic hydroxyl groups is 1. The minimum absolute atomic E-state index is 0.0837. The number of benzene rings is 2. The predicted octanol–water partition coefficient (Wildman–Crippen LogP) is 2.91. The van der Waals surface area contributed by atoms with Gasteiger partial charge < -0.3 is 9.84 Å². The van der Waals surface area contributed by atoms with Crippen molar-refractivity contribution in [1.29, 1.82) is 0 Å². The molecule has 2 aromatic rings. The Morgan fingerprint density at radius 2 is 1.56 bits per heavy atom. The standard InChI is InChI=1S/C16H18O2/c17-11-13-18-12-10-15-8-4-5-9-16(15)14-6-2-1-3-7-14/h1-9,17H,10-13H2. The lowest BCUT2D eigenvalue weighted by atomic mass is 9.98. The Morgan fingerprint density at radius 3 is 2.33 bits per heavy atom. The van der Waals surface area contributed by atoms with Crippen LogP contribution in [-0.4, -0.2) is 24.9 Å². The maximum atomic E-state index is 8.67. The minimum Gasteiger partial charge on any atom is -0.394 e. The largest absolute Gasteiger partial charge is 0.394 e. The van der Waals surface area contributed by atoms with E-state index in [1.807, 2.05) is 24.3 Å². The molecule has 0 radical (unpaired) electrons. The third-order valence-electron chi connectivity index (χ3n) is 2.85. The molecule has 0 aromatic heterocycles. The summed E-state index contributed by atoms with van der Waals surface area (Å²) in [5, 5.41) is 8.67. The highest BCUT2D eigenvalue weighted by Gasteiger charge is 2.03. The summed E-state index contributed by atoms with van der Waals surface area (Å²) in [6.45, 7) is 1.14. The molecule has 94 valence electrons. The Bertz CT molecular complexity index is 466. The van der Waals surface area contributed by atoms with Gasteiger partial charge in [0, 0.05) is 0 Å². The van der Waals surface area contributed by atoms with Crippen molar-refractivity contribution in [3.8, 4) is 11.1 Å². The molecular weight excluding hydrogens is 224 g/mol. The first-order valence-electron chi connectivity index (χ1n) is 6.24. The van der Waals surface area contributed by atoms with Crippen LogP contribution < -0.4 is 0 Å². The third kappa shape index (κ3) is 3.42. The SMILES string of the molecule is OCCOCCc1ccccc1-c1ccccc1. The molecule has 0 fully saturated rings. The van der Waals surface area contributed by atoms with Crippen molar-refractivity contribution in [2.24, 2.45) is 0 Å². The molecule has 0 heterocycles. The number of hydrogen-bond acceptors (Lipinski definition) is 2. The Morgan fingerprint density at radius 1 is 0.833 bits per heavy atom. The first-order valence-corrected chi connectivity index (χ1v) is 6.24. The van der Waals surface area contributed by atoms with E-state index in [0.717, 1.165) is 6.42 Å². The van der Waals surface area contributed by atoms with Crippen LogP contribution in [0.4, 0.5) is 0 Å². The summed E-state index contributed by atoms with van der Waals surface area (Å²) >= 11 is 0. The van der Waals surface area contributed by atoms with E-state index in [2.05, 4.69) is 30.3 Å². The molecule has 0 amide bonds. The first kappa shape index (κ1) is 12.8. The summed E-state index contributed by atoms with van der Waals surface area (Å²) in [6, 6.07) is 18.7. The quantitative estimate of drug-likeness (QED) is 0.789. The van der Waals surface area contributed by atoms with E-state index in [-0.39, 0.29) is 6.61 Å². The highest BCUT2D eigenvalue weighted by atomic mass is 16.5. The normalized spacial score (nSPS) is 10.5. The van der Waals surface area contributed by atoms with Crippen molar-refractivity contribution in [2.45, 2.75) is 6.42 Å². The molecule has 18 heavy (non-hydrogen) atoms. The monoisotopic (exact) mass is 242 g/mol. The maximum absolute atomic E-state index is 8.67. The molecule has 2 rings (SSSR count). The van der Waals surface area contributed by atoms with Crippen LogP contribution in [0.2, 0.25) is 0 Å². The van der Waals surface area contributed by atoms with Crippen molar-refractivity contribution in [3.05, 3.63) is 60.2 Å². The molecule has 2 aromatic carbocycles. The number of ether oxygens (including phenoxy) is 1. The van der Waals surface area contributed by atoms with Gasteiger partial charge in [-0.1, -0.05) is 54.6 Å². The second kappa shape index (κ2) is 6.94. The lowest BCUT2D eigenvalue weighted by Gasteiger charge is -2.09. The van der Waals surface area contributed by atoms with E-state index in [4.69, 9.17) is 9.84 Å². The Hall–Kier alpha value is -1.64. The van der Waals surface area contributed by atoms with Crippen molar-refractivity contribution in [3.63, 3.8) is 0 Å². The molecule has 0 saturated heterocycles. The predicted molar refractivity (Wildman–Crippen MR) is 73.5 cm³/mol. The fourth-order valence-electron chi connectivity index (χ4n) is 1.99. The molecule has 0 atom stereocenters. The van der Waals surface area contributed by atoms with Gasteiger partial charge in [0.25, 0.3) is 0 Å². The highest BCUT2D eigenvalue weighted by Crippen LogP contribution is 2.23. The molecule has 0 bridgehead atoms. The van der Waals surface area contributed by atoms with Crippen molar-refractivity contribution >= 4 is 0 Å². The minimum atomic E-state index is 0.0837. The summed E-state index contributed by atoms with van der Waals surface area (Å²) in [4.78, 5) is 0. The lowest BCUT2D eigenvalue weighted by Crippen LogP contribution is -2.04. The van der Waals surface area contributed by atoms with Gasteiger partial charge in [0.05, 0.1) is 19.8 Å². The van der Waals surface area contributed by atoms with Crippen LogP contribution >= 0.6 is 0 Å². The average molecular weight is 242 g/mol. The zero-order valence-electron chi connectivity index (χ0n) is 10.4. The smallest absolute Gasteiger partial charge is 0.0697 e. The van der Waals surface area contributed by atoms with E-state index in [9.17, 15) is 0 Å². The molecule has 0 unspecified atom stereocenters. The first-order chi connectivity index (χ1) is 8.92. The molecule has 0 aliphatic rings. The van der Waals surface area contributed by atoms with Crippen LogP contribution in [0, 0.1) is 0 Å². The molecule has 0 spiro atoms. The fraction of sp³-hybridized carbons (Fsp3) is 0.250. The second-order valence-electron chi connectivity index (χ2n) is 4.11. The second-order valence-corrected chi connectivity index (χ2v) is 4.11. The summed E-state index contributed by atoms with van der Waals surface area (Å²) in [5.41, 5.74) is 3.77.